The Morgan fingerprint density at radius 2 is 1.94 bits per heavy atom. The average molecular weight is 234 g/mol. The van der Waals surface area contributed by atoms with Crippen molar-refractivity contribution in [2.45, 2.75) is 40.5 Å². The van der Waals surface area contributed by atoms with Gasteiger partial charge in [-0.15, -0.1) is 0 Å². The molecule has 0 saturated heterocycles. The van der Waals surface area contributed by atoms with Crippen molar-refractivity contribution in [3.8, 4) is 0 Å². The molecule has 0 unspecified atom stereocenters. The van der Waals surface area contributed by atoms with Gasteiger partial charge < -0.3 is 11.1 Å². The van der Waals surface area contributed by atoms with Gasteiger partial charge >= 0.3 is 0 Å². The summed E-state index contributed by atoms with van der Waals surface area (Å²) in [4.78, 5) is 11.7. The van der Waals surface area contributed by atoms with Gasteiger partial charge in [0.1, 0.15) is 0 Å². The van der Waals surface area contributed by atoms with Crippen molar-refractivity contribution in [3.05, 3.63) is 23.3 Å². The molecule has 0 aromatic heterocycles. The van der Waals surface area contributed by atoms with E-state index in [-0.39, 0.29) is 5.91 Å². The molecule has 0 aliphatic carbocycles. The number of nitrogen functional groups attached to an aromatic ring is 1. The third-order valence-corrected chi connectivity index (χ3v) is 2.84. The van der Waals surface area contributed by atoms with Crippen LogP contribution in [0.4, 0.5) is 11.4 Å². The number of rotatable bonds is 4. The molecule has 0 fully saturated rings. The Labute approximate surface area is 103 Å². The standard InChI is InChI=1S/C14H22N2O/c1-9(2)5-6-14(17)16-13-8-10(3)12(15)7-11(13)4/h7-9H,5-6,15H2,1-4H3,(H,16,17). The summed E-state index contributed by atoms with van der Waals surface area (Å²) in [6, 6.07) is 3.82. The minimum atomic E-state index is 0.0750. The number of carbonyl (C=O) groups is 1. The van der Waals surface area contributed by atoms with Gasteiger partial charge in [-0.2, -0.15) is 0 Å². The van der Waals surface area contributed by atoms with Crippen molar-refractivity contribution in [1.29, 1.82) is 0 Å². The quantitative estimate of drug-likeness (QED) is 0.786. The van der Waals surface area contributed by atoms with Crippen LogP contribution in [0.3, 0.4) is 0 Å². The van der Waals surface area contributed by atoms with Crippen LogP contribution in [0.15, 0.2) is 12.1 Å². The van der Waals surface area contributed by atoms with Crippen molar-refractivity contribution in [2.24, 2.45) is 5.92 Å². The van der Waals surface area contributed by atoms with E-state index in [0.717, 1.165) is 28.9 Å². The highest BCUT2D eigenvalue weighted by Crippen LogP contribution is 2.22. The number of hydrogen-bond donors (Lipinski definition) is 2. The van der Waals surface area contributed by atoms with Crippen LogP contribution >= 0.6 is 0 Å². The van der Waals surface area contributed by atoms with Crippen LogP contribution < -0.4 is 11.1 Å². The third kappa shape index (κ3) is 4.10. The molecule has 0 saturated carbocycles. The van der Waals surface area contributed by atoms with Gasteiger partial charge in [0.2, 0.25) is 5.91 Å². The largest absolute Gasteiger partial charge is 0.399 e. The SMILES string of the molecule is Cc1cc(NC(=O)CCC(C)C)c(C)cc1N. The van der Waals surface area contributed by atoms with E-state index in [4.69, 9.17) is 5.73 Å². The molecule has 3 N–H and O–H groups in total. The Morgan fingerprint density at radius 1 is 1.29 bits per heavy atom. The van der Waals surface area contributed by atoms with Gasteiger partial charge in [0.25, 0.3) is 0 Å². The van der Waals surface area contributed by atoms with E-state index in [9.17, 15) is 4.79 Å². The molecule has 0 bridgehead atoms. The lowest BCUT2D eigenvalue weighted by molar-refractivity contribution is -0.116. The van der Waals surface area contributed by atoms with E-state index in [2.05, 4.69) is 19.2 Å². The minimum absolute atomic E-state index is 0.0750. The molecule has 1 aromatic rings. The van der Waals surface area contributed by atoms with Gasteiger partial charge in [0, 0.05) is 17.8 Å². The van der Waals surface area contributed by atoms with E-state index in [1.54, 1.807) is 0 Å². The van der Waals surface area contributed by atoms with Gasteiger partial charge in [0.05, 0.1) is 0 Å². The van der Waals surface area contributed by atoms with Gasteiger partial charge in [0.15, 0.2) is 0 Å². The summed E-state index contributed by atoms with van der Waals surface area (Å²) in [5, 5.41) is 2.94. The number of nitrogens with one attached hydrogen (secondary N) is 1. The fourth-order valence-electron chi connectivity index (χ4n) is 1.61. The molecule has 0 radical (unpaired) electrons. The molecule has 1 aromatic carbocycles. The smallest absolute Gasteiger partial charge is 0.224 e. The van der Waals surface area contributed by atoms with Gasteiger partial charge in [-0.1, -0.05) is 13.8 Å². The number of nitrogens with two attached hydrogens (primary N) is 1. The lowest BCUT2D eigenvalue weighted by Crippen LogP contribution is -2.13. The number of hydrogen-bond acceptors (Lipinski definition) is 2. The van der Waals surface area contributed by atoms with Crippen molar-refractivity contribution < 1.29 is 4.79 Å². The highest BCUT2D eigenvalue weighted by molar-refractivity contribution is 5.91. The van der Waals surface area contributed by atoms with Gasteiger partial charge in [-0.3, -0.25) is 4.79 Å². The maximum absolute atomic E-state index is 11.7. The van der Waals surface area contributed by atoms with E-state index < -0.39 is 0 Å². The summed E-state index contributed by atoms with van der Waals surface area (Å²) in [5.41, 5.74) is 9.44. The molecule has 3 nitrogen and oxygen atoms in total. The molecule has 1 rings (SSSR count). The summed E-state index contributed by atoms with van der Waals surface area (Å²) in [7, 11) is 0. The van der Waals surface area contributed by atoms with Crippen LogP contribution in [0, 0.1) is 19.8 Å². The molecule has 1 amide bonds. The first-order chi connectivity index (χ1) is 7.90. The molecule has 0 aliphatic heterocycles. The molecule has 0 spiro atoms. The first-order valence-corrected chi connectivity index (χ1v) is 6.06. The van der Waals surface area contributed by atoms with E-state index in [1.165, 1.54) is 0 Å². The number of amides is 1. The average Bonchev–Trinajstić information content (AvgIpc) is 2.23. The summed E-state index contributed by atoms with van der Waals surface area (Å²) in [6.07, 6.45) is 1.49. The Hall–Kier alpha value is -1.51. The fourth-order valence-corrected chi connectivity index (χ4v) is 1.61. The maximum Gasteiger partial charge on any atom is 0.224 e. The number of benzene rings is 1. The lowest BCUT2D eigenvalue weighted by atomic mass is 10.1. The molecular formula is C14H22N2O. The van der Waals surface area contributed by atoms with Crippen molar-refractivity contribution in [3.63, 3.8) is 0 Å². The zero-order valence-electron chi connectivity index (χ0n) is 11.1. The van der Waals surface area contributed by atoms with Crippen LogP contribution in [0.25, 0.3) is 0 Å². The lowest BCUT2D eigenvalue weighted by Gasteiger charge is -2.11. The van der Waals surface area contributed by atoms with Crippen LogP contribution in [-0.4, -0.2) is 5.91 Å². The number of anilines is 2. The Bertz CT molecular complexity index is 411. The second-order valence-electron chi connectivity index (χ2n) is 5.00. The summed E-state index contributed by atoms with van der Waals surface area (Å²) >= 11 is 0. The molecule has 94 valence electrons. The predicted octanol–water partition coefficient (Wildman–Crippen LogP) is 3.26. The second kappa shape index (κ2) is 5.71. The van der Waals surface area contributed by atoms with Crippen molar-refractivity contribution in [1.82, 2.24) is 0 Å². The first-order valence-electron chi connectivity index (χ1n) is 6.06. The summed E-state index contributed by atoms with van der Waals surface area (Å²) in [6.45, 7) is 8.13. The Kier molecular flexibility index (Phi) is 4.55. The van der Waals surface area contributed by atoms with E-state index >= 15 is 0 Å². The van der Waals surface area contributed by atoms with E-state index in [1.807, 2.05) is 26.0 Å². The molecular weight excluding hydrogens is 212 g/mol. The Morgan fingerprint density at radius 3 is 2.53 bits per heavy atom. The fraction of sp³-hybridized carbons (Fsp3) is 0.500. The number of aryl methyl sites for hydroxylation is 2. The molecule has 0 heterocycles. The van der Waals surface area contributed by atoms with Gasteiger partial charge in [-0.25, -0.2) is 0 Å². The number of carbonyl (C=O) groups excluding carboxylic acids is 1. The molecule has 17 heavy (non-hydrogen) atoms. The minimum Gasteiger partial charge on any atom is -0.399 e. The van der Waals surface area contributed by atoms with Crippen molar-refractivity contribution >= 4 is 17.3 Å². The molecule has 3 heteroatoms. The monoisotopic (exact) mass is 234 g/mol. The first kappa shape index (κ1) is 13.6. The normalized spacial score (nSPS) is 10.6. The van der Waals surface area contributed by atoms with Crippen molar-refractivity contribution in [2.75, 3.05) is 11.1 Å². The predicted molar refractivity (Wildman–Crippen MR) is 73.0 cm³/mol. The maximum atomic E-state index is 11.7. The zero-order chi connectivity index (χ0) is 13.0. The van der Waals surface area contributed by atoms with Crippen LogP contribution in [-0.2, 0) is 4.79 Å². The Balaban J connectivity index is 2.68. The van der Waals surface area contributed by atoms with Gasteiger partial charge in [-0.05, 0) is 49.4 Å². The third-order valence-electron chi connectivity index (χ3n) is 2.84. The van der Waals surface area contributed by atoms with E-state index in [0.29, 0.717) is 12.3 Å². The topological polar surface area (TPSA) is 55.1 Å². The molecule has 0 aliphatic rings. The summed E-state index contributed by atoms with van der Waals surface area (Å²) < 4.78 is 0. The summed E-state index contributed by atoms with van der Waals surface area (Å²) in [5.74, 6) is 0.626. The second-order valence-corrected chi connectivity index (χ2v) is 5.00. The highest BCUT2D eigenvalue weighted by atomic mass is 16.1. The molecule has 0 atom stereocenters. The zero-order valence-corrected chi connectivity index (χ0v) is 11.1. The van der Waals surface area contributed by atoms with Crippen LogP contribution in [0.5, 0.6) is 0 Å². The highest BCUT2D eigenvalue weighted by Gasteiger charge is 2.07. The van der Waals surface area contributed by atoms with Crippen LogP contribution in [0.1, 0.15) is 37.8 Å². The van der Waals surface area contributed by atoms with Crippen LogP contribution in [0.2, 0.25) is 0 Å².